The summed E-state index contributed by atoms with van der Waals surface area (Å²) in [6.07, 6.45) is 2.07. The summed E-state index contributed by atoms with van der Waals surface area (Å²) >= 11 is 0. The van der Waals surface area contributed by atoms with Gasteiger partial charge in [0.2, 0.25) is 10.0 Å². The van der Waals surface area contributed by atoms with Gasteiger partial charge < -0.3 is 9.73 Å². The number of hydrogen-bond donors (Lipinski definition) is 1. The van der Waals surface area contributed by atoms with Crippen LogP contribution in [0.4, 0.5) is 5.69 Å². The van der Waals surface area contributed by atoms with E-state index in [1.165, 1.54) is 10.6 Å². The molecule has 0 spiro atoms. The van der Waals surface area contributed by atoms with Crippen molar-refractivity contribution in [3.05, 3.63) is 83.8 Å². The first-order valence-corrected chi connectivity index (χ1v) is 10.00. The molecule has 0 fully saturated rings. The Kier molecular flexibility index (Phi) is 4.55. The Morgan fingerprint density at radius 2 is 1.81 bits per heavy atom. The van der Waals surface area contributed by atoms with E-state index in [1.54, 1.807) is 42.5 Å². The third-order valence-corrected chi connectivity index (χ3v) is 6.43. The molecule has 1 aliphatic heterocycles. The van der Waals surface area contributed by atoms with E-state index in [2.05, 4.69) is 5.32 Å². The van der Waals surface area contributed by atoms with Crippen LogP contribution in [-0.2, 0) is 23.0 Å². The number of furan rings is 1. The lowest BCUT2D eigenvalue weighted by Gasteiger charge is -2.28. The first-order chi connectivity index (χ1) is 13.0. The van der Waals surface area contributed by atoms with Crippen molar-refractivity contribution in [2.45, 2.75) is 17.9 Å². The molecule has 2 heterocycles. The van der Waals surface area contributed by atoms with Gasteiger partial charge in [0.05, 0.1) is 11.2 Å². The SMILES string of the molecule is O=C(Nc1ccc2c(c1)CN(S(=O)(=O)c1ccccc1)CC2)c1ccco1. The van der Waals surface area contributed by atoms with E-state index in [0.717, 1.165) is 11.1 Å². The van der Waals surface area contributed by atoms with Crippen LogP contribution >= 0.6 is 0 Å². The normalized spacial score (nSPS) is 14.5. The standard InChI is InChI=1S/C20H18N2O4S/c23-20(19-7-4-12-26-19)21-17-9-8-15-10-11-22(14-16(15)13-17)27(24,25)18-5-2-1-3-6-18/h1-9,12-13H,10-11,14H2,(H,21,23). The predicted molar refractivity (Wildman–Crippen MR) is 101 cm³/mol. The number of hydrogen-bond acceptors (Lipinski definition) is 4. The molecule has 0 aliphatic carbocycles. The van der Waals surface area contributed by atoms with Gasteiger partial charge in [-0.05, 0) is 53.9 Å². The summed E-state index contributed by atoms with van der Waals surface area (Å²) in [6, 6.07) is 17.2. The van der Waals surface area contributed by atoms with Gasteiger partial charge >= 0.3 is 0 Å². The van der Waals surface area contributed by atoms with Gasteiger partial charge in [-0.15, -0.1) is 0 Å². The minimum absolute atomic E-state index is 0.223. The lowest BCUT2D eigenvalue weighted by molar-refractivity contribution is 0.0996. The number of nitrogens with one attached hydrogen (secondary N) is 1. The molecule has 6 nitrogen and oxygen atoms in total. The third kappa shape index (κ3) is 3.51. The van der Waals surface area contributed by atoms with Crippen LogP contribution in [0, 0.1) is 0 Å². The fourth-order valence-electron chi connectivity index (χ4n) is 3.16. The molecule has 0 radical (unpaired) electrons. The number of rotatable bonds is 4. The molecular formula is C20H18N2O4S. The molecule has 27 heavy (non-hydrogen) atoms. The van der Waals surface area contributed by atoms with Crippen LogP contribution in [0.2, 0.25) is 0 Å². The largest absolute Gasteiger partial charge is 0.459 e. The number of nitrogens with zero attached hydrogens (tertiary/aromatic N) is 1. The molecule has 1 amide bonds. The quantitative estimate of drug-likeness (QED) is 0.751. The van der Waals surface area contributed by atoms with Gasteiger partial charge in [-0.25, -0.2) is 8.42 Å². The molecular weight excluding hydrogens is 364 g/mol. The molecule has 7 heteroatoms. The molecule has 0 bridgehead atoms. The number of benzene rings is 2. The van der Waals surface area contributed by atoms with E-state index in [1.807, 2.05) is 18.2 Å². The van der Waals surface area contributed by atoms with Crippen molar-refractivity contribution in [3.63, 3.8) is 0 Å². The second-order valence-corrected chi connectivity index (χ2v) is 8.25. The maximum atomic E-state index is 12.9. The zero-order chi connectivity index (χ0) is 18.9. The molecule has 1 N–H and O–H groups in total. The number of fused-ring (bicyclic) bond motifs is 1. The lowest BCUT2D eigenvalue weighted by atomic mass is 10.0. The summed E-state index contributed by atoms with van der Waals surface area (Å²) in [5.41, 5.74) is 2.58. The molecule has 2 aromatic carbocycles. The highest BCUT2D eigenvalue weighted by molar-refractivity contribution is 7.89. The number of amides is 1. The molecule has 0 saturated heterocycles. The summed E-state index contributed by atoms with van der Waals surface area (Å²) in [5, 5.41) is 2.78. The second kappa shape index (κ2) is 7.02. The second-order valence-electron chi connectivity index (χ2n) is 6.32. The van der Waals surface area contributed by atoms with E-state index in [4.69, 9.17) is 4.42 Å². The maximum Gasteiger partial charge on any atom is 0.291 e. The van der Waals surface area contributed by atoms with Gasteiger partial charge in [-0.1, -0.05) is 24.3 Å². The zero-order valence-corrected chi connectivity index (χ0v) is 15.3. The summed E-state index contributed by atoms with van der Waals surface area (Å²) in [5.74, 6) is -0.120. The molecule has 0 unspecified atom stereocenters. The fourth-order valence-corrected chi connectivity index (χ4v) is 4.60. The van der Waals surface area contributed by atoms with Gasteiger partial charge in [-0.2, -0.15) is 4.31 Å². The van der Waals surface area contributed by atoms with E-state index in [9.17, 15) is 13.2 Å². The van der Waals surface area contributed by atoms with E-state index >= 15 is 0 Å². The summed E-state index contributed by atoms with van der Waals surface area (Å²) < 4.78 is 32.3. The number of anilines is 1. The predicted octanol–water partition coefficient (Wildman–Crippen LogP) is 3.28. The lowest BCUT2D eigenvalue weighted by Crippen LogP contribution is -2.36. The van der Waals surface area contributed by atoms with Crippen LogP contribution in [0.5, 0.6) is 0 Å². The van der Waals surface area contributed by atoms with Crippen molar-refractivity contribution in [2.75, 3.05) is 11.9 Å². The molecule has 1 aromatic heterocycles. The topological polar surface area (TPSA) is 79.6 Å². The van der Waals surface area contributed by atoms with Crippen LogP contribution in [0.3, 0.4) is 0 Å². The minimum atomic E-state index is -3.55. The zero-order valence-electron chi connectivity index (χ0n) is 14.5. The molecule has 138 valence electrons. The van der Waals surface area contributed by atoms with E-state index in [-0.39, 0.29) is 23.1 Å². The summed E-state index contributed by atoms with van der Waals surface area (Å²) in [7, 11) is -3.55. The van der Waals surface area contributed by atoms with Crippen LogP contribution in [0.25, 0.3) is 0 Å². The Morgan fingerprint density at radius 3 is 2.56 bits per heavy atom. The highest BCUT2D eigenvalue weighted by Crippen LogP contribution is 2.27. The highest BCUT2D eigenvalue weighted by atomic mass is 32.2. The molecule has 4 rings (SSSR count). The Hall–Kier alpha value is -2.90. The minimum Gasteiger partial charge on any atom is -0.459 e. The molecule has 3 aromatic rings. The smallest absolute Gasteiger partial charge is 0.291 e. The highest BCUT2D eigenvalue weighted by Gasteiger charge is 2.28. The van der Waals surface area contributed by atoms with Crippen LogP contribution in [-0.4, -0.2) is 25.2 Å². The van der Waals surface area contributed by atoms with Crippen molar-refractivity contribution >= 4 is 21.6 Å². The van der Waals surface area contributed by atoms with Crippen molar-refractivity contribution in [1.82, 2.24) is 4.31 Å². The fraction of sp³-hybridized carbons (Fsp3) is 0.150. The summed E-state index contributed by atoms with van der Waals surface area (Å²) in [6.45, 7) is 0.708. The van der Waals surface area contributed by atoms with Crippen molar-refractivity contribution in [2.24, 2.45) is 0 Å². The molecule has 0 saturated carbocycles. The van der Waals surface area contributed by atoms with Gasteiger partial charge in [0, 0.05) is 18.8 Å². The van der Waals surface area contributed by atoms with Gasteiger partial charge in [0.15, 0.2) is 5.76 Å². The van der Waals surface area contributed by atoms with Crippen molar-refractivity contribution in [1.29, 1.82) is 0 Å². The Balaban J connectivity index is 1.56. The Bertz CT molecular complexity index is 1060. The number of carbonyl (C=O) groups excluding carboxylic acids is 1. The summed E-state index contributed by atoms with van der Waals surface area (Å²) in [4.78, 5) is 12.4. The van der Waals surface area contributed by atoms with Gasteiger partial charge in [0.25, 0.3) is 5.91 Å². The number of carbonyl (C=O) groups is 1. The first-order valence-electron chi connectivity index (χ1n) is 8.56. The number of sulfonamides is 1. The monoisotopic (exact) mass is 382 g/mol. The maximum absolute atomic E-state index is 12.9. The van der Waals surface area contributed by atoms with Gasteiger partial charge in [-0.3, -0.25) is 4.79 Å². The van der Waals surface area contributed by atoms with E-state index < -0.39 is 10.0 Å². The van der Waals surface area contributed by atoms with E-state index in [0.29, 0.717) is 18.7 Å². The average Bonchev–Trinajstić information content (AvgIpc) is 3.23. The molecule has 0 atom stereocenters. The first kappa shape index (κ1) is 17.5. The van der Waals surface area contributed by atoms with Crippen LogP contribution in [0.1, 0.15) is 21.7 Å². The Morgan fingerprint density at radius 1 is 1.00 bits per heavy atom. The van der Waals surface area contributed by atoms with Crippen LogP contribution < -0.4 is 5.32 Å². The van der Waals surface area contributed by atoms with Crippen molar-refractivity contribution in [3.8, 4) is 0 Å². The van der Waals surface area contributed by atoms with Gasteiger partial charge in [0.1, 0.15) is 0 Å². The Labute approximate surface area is 157 Å². The molecule has 1 aliphatic rings. The van der Waals surface area contributed by atoms with Crippen molar-refractivity contribution < 1.29 is 17.6 Å². The third-order valence-electron chi connectivity index (χ3n) is 4.57. The van der Waals surface area contributed by atoms with Crippen LogP contribution in [0.15, 0.2) is 76.2 Å². The average molecular weight is 382 g/mol.